The molecule has 5 aromatic rings. The molecule has 9 nitrogen and oxygen atoms in total. The molecule has 4 aromatic carbocycles. The van der Waals surface area contributed by atoms with E-state index in [-0.39, 0.29) is 33.6 Å². The molecule has 0 saturated heterocycles. The van der Waals surface area contributed by atoms with Gasteiger partial charge in [0, 0.05) is 17.7 Å². The fourth-order valence-electron chi connectivity index (χ4n) is 3.95. The third-order valence-electron chi connectivity index (χ3n) is 6.02. The summed E-state index contributed by atoms with van der Waals surface area (Å²) in [6, 6.07) is 23.5. The minimum atomic E-state index is -0.871. The van der Waals surface area contributed by atoms with Gasteiger partial charge in [0.25, 0.3) is 0 Å². The van der Waals surface area contributed by atoms with E-state index in [9.17, 15) is 19.5 Å². The highest BCUT2D eigenvalue weighted by atomic mass is 16.6. The zero-order chi connectivity index (χ0) is 28.2. The lowest BCUT2D eigenvalue weighted by atomic mass is 10.1. The first-order valence-corrected chi connectivity index (χ1v) is 12.0. The zero-order valence-corrected chi connectivity index (χ0v) is 21.4. The maximum absolute atomic E-state index is 13.1. The smallest absolute Gasteiger partial charge is 0.343 e. The number of phenols is 1. The summed E-state index contributed by atoms with van der Waals surface area (Å²) in [6.45, 7) is 0. The molecule has 5 rings (SSSR count). The van der Waals surface area contributed by atoms with E-state index in [4.69, 9.17) is 23.4 Å². The van der Waals surface area contributed by atoms with E-state index in [1.54, 1.807) is 48.5 Å². The minimum absolute atomic E-state index is 0.0781. The molecule has 0 spiro atoms. The van der Waals surface area contributed by atoms with Crippen LogP contribution in [-0.4, -0.2) is 31.3 Å². The number of rotatable bonds is 7. The molecule has 40 heavy (non-hydrogen) atoms. The van der Waals surface area contributed by atoms with Crippen molar-refractivity contribution in [3.05, 3.63) is 112 Å². The van der Waals surface area contributed by atoms with Crippen molar-refractivity contribution in [3.63, 3.8) is 0 Å². The predicted octanol–water partition coefficient (Wildman–Crippen LogP) is 5.62. The van der Waals surface area contributed by atoms with E-state index in [0.29, 0.717) is 17.1 Å². The lowest BCUT2D eigenvalue weighted by Crippen LogP contribution is -2.14. The average molecular weight is 539 g/mol. The second-order valence-electron chi connectivity index (χ2n) is 8.50. The zero-order valence-electron chi connectivity index (χ0n) is 21.4. The van der Waals surface area contributed by atoms with Gasteiger partial charge in [-0.3, -0.25) is 4.79 Å². The summed E-state index contributed by atoms with van der Waals surface area (Å²) in [4.78, 5) is 39.1. The van der Waals surface area contributed by atoms with Crippen LogP contribution in [0.5, 0.6) is 28.7 Å². The first kappa shape index (κ1) is 26.1. The standard InChI is InChI=1S/C31H22O9/c1-36-21-12-8-19(9-13-21)30(34)39-26-17-25-27(23(32)16-24(38-25)18-6-4-3-5-7-18)28(33)29(26)40-31(35)20-10-14-22(37-2)15-11-20/h3-17,33H,1-2H3. The van der Waals surface area contributed by atoms with Gasteiger partial charge in [0.1, 0.15) is 28.2 Å². The number of fused-ring (bicyclic) bond motifs is 1. The highest BCUT2D eigenvalue weighted by Gasteiger charge is 2.25. The van der Waals surface area contributed by atoms with Crippen molar-refractivity contribution < 1.29 is 38.1 Å². The van der Waals surface area contributed by atoms with Gasteiger partial charge in [-0.15, -0.1) is 0 Å². The monoisotopic (exact) mass is 538 g/mol. The molecule has 1 heterocycles. The van der Waals surface area contributed by atoms with Crippen LogP contribution >= 0.6 is 0 Å². The highest BCUT2D eigenvalue weighted by molar-refractivity contribution is 5.97. The van der Waals surface area contributed by atoms with E-state index in [1.165, 1.54) is 50.6 Å². The van der Waals surface area contributed by atoms with Gasteiger partial charge in [-0.1, -0.05) is 30.3 Å². The Labute approximate surface area is 227 Å². The van der Waals surface area contributed by atoms with E-state index < -0.39 is 28.9 Å². The molecule has 0 bridgehead atoms. The Morgan fingerprint density at radius 3 is 1.82 bits per heavy atom. The van der Waals surface area contributed by atoms with Gasteiger partial charge < -0.3 is 28.5 Å². The molecule has 0 unspecified atom stereocenters. The number of benzene rings is 4. The lowest BCUT2D eigenvalue weighted by molar-refractivity contribution is 0.0678. The normalized spacial score (nSPS) is 10.7. The quantitative estimate of drug-likeness (QED) is 0.208. The summed E-state index contributed by atoms with van der Waals surface area (Å²) in [5, 5.41) is 10.9. The summed E-state index contributed by atoms with van der Waals surface area (Å²) in [7, 11) is 2.98. The van der Waals surface area contributed by atoms with Gasteiger partial charge in [-0.2, -0.15) is 0 Å². The molecule has 0 amide bonds. The van der Waals surface area contributed by atoms with E-state index in [2.05, 4.69) is 0 Å². The fourth-order valence-corrected chi connectivity index (χ4v) is 3.95. The second-order valence-corrected chi connectivity index (χ2v) is 8.50. The Bertz CT molecular complexity index is 1750. The molecule has 0 fully saturated rings. The van der Waals surface area contributed by atoms with Gasteiger partial charge in [0.05, 0.1) is 25.3 Å². The first-order valence-electron chi connectivity index (χ1n) is 12.0. The number of ether oxygens (including phenoxy) is 4. The summed E-state index contributed by atoms with van der Waals surface area (Å²) >= 11 is 0. The number of carbonyl (C=O) groups excluding carboxylic acids is 2. The number of methoxy groups -OCH3 is 2. The van der Waals surface area contributed by atoms with Crippen molar-refractivity contribution >= 4 is 22.9 Å². The minimum Gasteiger partial charge on any atom is -0.504 e. The topological polar surface area (TPSA) is 122 Å². The summed E-state index contributed by atoms with van der Waals surface area (Å²) in [5.74, 6) is -1.97. The van der Waals surface area contributed by atoms with Crippen molar-refractivity contribution in [1.29, 1.82) is 0 Å². The van der Waals surface area contributed by atoms with Crippen molar-refractivity contribution in [2.24, 2.45) is 0 Å². The van der Waals surface area contributed by atoms with E-state index in [1.807, 2.05) is 6.07 Å². The van der Waals surface area contributed by atoms with Crippen molar-refractivity contribution in [2.45, 2.75) is 0 Å². The van der Waals surface area contributed by atoms with E-state index in [0.717, 1.165) is 0 Å². The van der Waals surface area contributed by atoms with Gasteiger partial charge in [-0.25, -0.2) is 9.59 Å². The van der Waals surface area contributed by atoms with Gasteiger partial charge in [-0.05, 0) is 48.5 Å². The number of esters is 2. The molecule has 200 valence electrons. The molecule has 0 aliphatic rings. The van der Waals surface area contributed by atoms with Crippen LogP contribution in [0.15, 0.2) is 100 Å². The SMILES string of the molecule is COc1ccc(C(=O)Oc2cc3oc(-c4ccccc4)cc(=O)c3c(O)c2OC(=O)c2ccc(OC)cc2)cc1. The van der Waals surface area contributed by atoms with Crippen LogP contribution < -0.4 is 24.4 Å². The Balaban J connectivity index is 1.61. The summed E-state index contributed by atoms with van der Waals surface area (Å²) in [6.07, 6.45) is 0. The van der Waals surface area contributed by atoms with Crippen LogP contribution in [0.1, 0.15) is 20.7 Å². The molecule has 0 aliphatic carbocycles. The molecule has 0 radical (unpaired) electrons. The molecular formula is C31H22O9. The Morgan fingerprint density at radius 1 is 0.725 bits per heavy atom. The summed E-state index contributed by atoms with van der Waals surface area (Å²) in [5.41, 5.74) is 0.234. The van der Waals surface area contributed by atoms with Gasteiger partial charge in [0.2, 0.25) is 5.75 Å². The van der Waals surface area contributed by atoms with Gasteiger partial charge >= 0.3 is 11.9 Å². The van der Waals surface area contributed by atoms with Crippen LogP contribution in [0, 0.1) is 0 Å². The Hall–Kier alpha value is -5.57. The van der Waals surface area contributed by atoms with Crippen LogP contribution in [-0.2, 0) is 0 Å². The summed E-state index contributed by atoms with van der Waals surface area (Å²) < 4.78 is 27.2. The first-order chi connectivity index (χ1) is 19.4. The number of aromatic hydroxyl groups is 1. The van der Waals surface area contributed by atoms with E-state index >= 15 is 0 Å². The second kappa shape index (κ2) is 11.0. The number of hydrogen-bond acceptors (Lipinski definition) is 9. The van der Waals surface area contributed by atoms with Crippen LogP contribution in [0.4, 0.5) is 0 Å². The molecular weight excluding hydrogens is 516 g/mol. The van der Waals surface area contributed by atoms with Crippen LogP contribution in [0.3, 0.4) is 0 Å². The third kappa shape index (κ3) is 5.21. The highest BCUT2D eigenvalue weighted by Crippen LogP contribution is 2.43. The lowest BCUT2D eigenvalue weighted by Gasteiger charge is -2.14. The number of hydrogen-bond donors (Lipinski definition) is 1. The molecule has 0 atom stereocenters. The Morgan fingerprint density at radius 2 is 1.27 bits per heavy atom. The molecule has 1 aromatic heterocycles. The van der Waals surface area contributed by atoms with Crippen molar-refractivity contribution in [3.8, 4) is 40.1 Å². The fraction of sp³-hybridized carbons (Fsp3) is 0.0645. The number of phenolic OH excluding ortho intramolecular Hbond substituents is 1. The molecule has 1 N–H and O–H groups in total. The maximum atomic E-state index is 13.1. The van der Waals surface area contributed by atoms with Crippen LogP contribution in [0.25, 0.3) is 22.3 Å². The molecule has 9 heteroatoms. The largest absolute Gasteiger partial charge is 0.504 e. The maximum Gasteiger partial charge on any atom is 0.343 e. The van der Waals surface area contributed by atoms with Crippen molar-refractivity contribution in [1.82, 2.24) is 0 Å². The predicted molar refractivity (Wildman–Crippen MR) is 145 cm³/mol. The van der Waals surface area contributed by atoms with Crippen molar-refractivity contribution in [2.75, 3.05) is 14.2 Å². The molecule has 0 aliphatic heterocycles. The van der Waals surface area contributed by atoms with Gasteiger partial charge in [0.15, 0.2) is 16.9 Å². The number of carbonyl (C=O) groups is 2. The molecule has 0 saturated carbocycles. The third-order valence-corrected chi connectivity index (χ3v) is 6.02. The van der Waals surface area contributed by atoms with Crippen LogP contribution in [0.2, 0.25) is 0 Å². The average Bonchev–Trinajstić information content (AvgIpc) is 2.99. The Kier molecular flexibility index (Phi) is 7.19.